The monoisotopic (exact) mass is 398 g/mol. The summed E-state index contributed by atoms with van der Waals surface area (Å²) in [5.41, 5.74) is 4.26. The number of hydrogen-bond donors (Lipinski definition) is 2. The van der Waals surface area contributed by atoms with E-state index >= 15 is 0 Å². The number of carbonyl (C=O) groups is 1. The fourth-order valence-corrected chi connectivity index (χ4v) is 3.97. The third-order valence-electron chi connectivity index (χ3n) is 5.52. The first kappa shape index (κ1) is 18.3. The Morgan fingerprint density at radius 1 is 0.967 bits per heavy atom. The van der Waals surface area contributed by atoms with Gasteiger partial charge in [0.05, 0.1) is 0 Å². The molecule has 0 radical (unpaired) electrons. The van der Waals surface area contributed by atoms with Crippen LogP contribution >= 0.6 is 0 Å². The van der Waals surface area contributed by atoms with Gasteiger partial charge >= 0.3 is 0 Å². The van der Waals surface area contributed by atoms with Crippen molar-refractivity contribution in [3.63, 3.8) is 0 Å². The zero-order chi connectivity index (χ0) is 20.3. The van der Waals surface area contributed by atoms with Crippen molar-refractivity contribution in [1.82, 2.24) is 10.3 Å². The number of amides is 1. The standard InChI is InChI=1S/C25H22N2O3/c28-25(27-14-17-6-2-1-3-7-17)13-20(18-10-11-23-24(12-18)30-16-29-23)21-15-26-22-9-5-4-8-19(21)22/h1-12,15,20,26H,13-14,16H2,(H,27,28). The summed E-state index contributed by atoms with van der Waals surface area (Å²) >= 11 is 0. The number of nitrogens with one attached hydrogen (secondary N) is 2. The molecular formula is C25H22N2O3. The van der Waals surface area contributed by atoms with Crippen molar-refractivity contribution in [2.24, 2.45) is 0 Å². The normalized spacial score (nSPS) is 13.3. The molecule has 0 fully saturated rings. The zero-order valence-corrected chi connectivity index (χ0v) is 16.4. The van der Waals surface area contributed by atoms with Gasteiger partial charge in [0.25, 0.3) is 0 Å². The van der Waals surface area contributed by atoms with E-state index in [0.717, 1.165) is 39.1 Å². The summed E-state index contributed by atoms with van der Waals surface area (Å²) in [6.07, 6.45) is 2.35. The molecule has 1 amide bonds. The molecule has 5 nitrogen and oxygen atoms in total. The Morgan fingerprint density at radius 3 is 2.67 bits per heavy atom. The Morgan fingerprint density at radius 2 is 1.77 bits per heavy atom. The van der Waals surface area contributed by atoms with Crippen molar-refractivity contribution in [2.45, 2.75) is 18.9 Å². The second-order valence-electron chi connectivity index (χ2n) is 7.42. The van der Waals surface area contributed by atoms with Crippen LogP contribution in [0.4, 0.5) is 0 Å². The molecule has 5 rings (SSSR count). The van der Waals surface area contributed by atoms with E-state index in [1.165, 1.54) is 0 Å². The van der Waals surface area contributed by atoms with Crippen LogP contribution in [0, 0.1) is 0 Å². The van der Waals surface area contributed by atoms with E-state index in [2.05, 4.69) is 16.4 Å². The summed E-state index contributed by atoms with van der Waals surface area (Å²) < 4.78 is 11.0. The maximum Gasteiger partial charge on any atom is 0.231 e. The molecule has 0 aliphatic carbocycles. The van der Waals surface area contributed by atoms with Crippen molar-refractivity contribution >= 4 is 16.8 Å². The molecule has 150 valence electrons. The summed E-state index contributed by atoms with van der Waals surface area (Å²) in [6, 6.07) is 24.0. The Bertz CT molecular complexity index is 1180. The fraction of sp³-hybridized carbons (Fsp3) is 0.160. The summed E-state index contributed by atoms with van der Waals surface area (Å²) in [6.45, 7) is 0.746. The van der Waals surface area contributed by atoms with Gasteiger partial charge in [0.15, 0.2) is 11.5 Å². The van der Waals surface area contributed by atoms with E-state index in [1.807, 2.05) is 72.9 Å². The highest BCUT2D eigenvalue weighted by Crippen LogP contribution is 2.39. The predicted molar refractivity (Wildman–Crippen MR) is 116 cm³/mol. The molecule has 0 saturated carbocycles. The van der Waals surface area contributed by atoms with Gasteiger partial charge in [-0.1, -0.05) is 54.6 Å². The molecule has 0 bridgehead atoms. The van der Waals surface area contributed by atoms with Crippen LogP contribution in [0.5, 0.6) is 11.5 Å². The van der Waals surface area contributed by atoms with E-state index in [0.29, 0.717) is 13.0 Å². The first-order valence-corrected chi connectivity index (χ1v) is 10.0. The first-order valence-electron chi connectivity index (χ1n) is 10.0. The van der Waals surface area contributed by atoms with Crippen LogP contribution in [0.25, 0.3) is 10.9 Å². The lowest BCUT2D eigenvalue weighted by Crippen LogP contribution is -2.25. The third-order valence-corrected chi connectivity index (χ3v) is 5.52. The molecule has 0 spiro atoms. The molecule has 2 heterocycles. The van der Waals surface area contributed by atoms with Crippen molar-refractivity contribution < 1.29 is 14.3 Å². The van der Waals surface area contributed by atoms with E-state index in [4.69, 9.17) is 9.47 Å². The first-order chi connectivity index (χ1) is 14.8. The Hall–Kier alpha value is -3.73. The maximum atomic E-state index is 12.9. The highest BCUT2D eigenvalue weighted by Gasteiger charge is 2.24. The van der Waals surface area contributed by atoms with Crippen LogP contribution in [0.1, 0.15) is 29.0 Å². The minimum absolute atomic E-state index is 0.00630. The number of carbonyl (C=O) groups excluding carboxylic acids is 1. The predicted octanol–water partition coefficient (Wildman–Crippen LogP) is 4.74. The van der Waals surface area contributed by atoms with E-state index in [1.54, 1.807) is 0 Å². The van der Waals surface area contributed by atoms with Gasteiger partial charge in [0, 0.05) is 36.0 Å². The highest BCUT2D eigenvalue weighted by atomic mass is 16.7. The van der Waals surface area contributed by atoms with E-state index < -0.39 is 0 Å². The lowest BCUT2D eigenvalue weighted by Gasteiger charge is -2.18. The van der Waals surface area contributed by atoms with Gasteiger partial charge in [-0.3, -0.25) is 4.79 Å². The van der Waals surface area contributed by atoms with Gasteiger partial charge < -0.3 is 19.8 Å². The molecule has 1 unspecified atom stereocenters. The molecule has 4 aromatic rings. The molecule has 2 N–H and O–H groups in total. The van der Waals surface area contributed by atoms with Crippen LogP contribution in [-0.2, 0) is 11.3 Å². The van der Waals surface area contributed by atoms with Crippen molar-refractivity contribution in [1.29, 1.82) is 0 Å². The number of aromatic amines is 1. The van der Waals surface area contributed by atoms with Crippen LogP contribution in [0.15, 0.2) is 79.0 Å². The summed E-state index contributed by atoms with van der Waals surface area (Å²) in [7, 11) is 0. The van der Waals surface area contributed by atoms with Gasteiger partial charge in [0.2, 0.25) is 12.7 Å². The van der Waals surface area contributed by atoms with Gasteiger partial charge in [-0.05, 0) is 34.9 Å². The van der Waals surface area contributed by atoms with E-state index in [-0.39, 0.29) is 18.6 Å². The topological polar surface area (TPSA) is 63.4 Å². The number of benzene rings is 3. The number of para-hydroxylation sites is 1. The van der Waals surface area contributed by atoms with Crippen molar-refractivity contribution in [3.8, 4) is 11.5 Å². The molecule has 1 aromatic heterocycles. The lowest BCUT2D eigenvalue weighted by atomic mass is 9.87. The van der Waals surface area contributed by atoms with Crippen molar-refractivity contribution in [2.75, 3.05) is 6.79 Å². The minimum atomic E-state index is -0.105. The van der Waals surface area contributed by atoms with Crippen LogP contribution in [-0.4, -0.2) is 17.7 Å². The molecular weight excluding hydrogens is 376 g/mol. The average Bonchev–Trinajstić information content (AvgIpc) is 3.43. The van der Waals surface area contributed by atoms with Gasteiger partial charge in [-0.2, -0.15) is 0 Å². The molecule has 5 heteroatoms. The Balaban J connectivity index is 1.44. The second kappa shape index (κ2) is 7.95. The Labute approximate surface area is 174 Å². The highest BCUT2D eigenvalue weighted by molar-refractivity contribution is 5.86. The number of ether oxygens (including phenoxy) is 2. The van der Waals surface area contributed by atoms with Gasteiger partial charge in [0.1, 0.15) is 0 Å². The average molecular weight is 398 g/mol. The largest absolute Gasteiger partial charge is 0.454 e. The third kappa shape index (κ3) is 3.62. The van der Waals surface area contributed by atoms with Gasteiger partial charge in [-0.15, -0.1) is 0 Å². The molecule has 3 aromatic carbocycles. The Kier molecular flexibility index (Phi) is 4.85. The summed E-state index contributed by atoms with van der Waals surface area (Å²) in [5, 5.41) is 4.18. The lowest BCUT2D eigenvalue weighted by molar-refractivity contribution is -0.121. The molecule has 0 saturated heterocycles. The smallest absolute Gasteiger partial charge is 0.231 e. The maximum absolute atomic E-state index is 12.9. The SMILES string of the molecule is O=C(CC(c1ccc2c(c1)OCO2)c1c[nH]c2ccccc12)NCc1ccccc1. The van der Waals surface area contributed by atoms with E-state index in [9.17, 15) is 4.79 Å². The van der Waals surface area contributed by atoms with Crippen LogP contribution < -0.4 is 14.8 Å². The molecule has 30 heavy (non-hydrogen) atoms. The molecule has 1 aliphatic rings. The second-order valence-corrected chi connectivity index (χ2v) is 7.42. The summed E-state index contributed by atoms with van der Waals surface area (Å²) in [5.74, 6) is 1.37. The number of rotatable bonds is 6. The molecule has 1 atom stereocenters. The number of aromatic nitrogens is 1. The van der Waals surface area contributed by atoms with Crippen LogP contribution in [0.2, 0.25) is 0 Å². The quantitative estimate of drug-likeness (QED) is 0.493. The zero-order valence-electron chi connectivity index (χ0n) is 16.4. The number of fused-ring (bicyclic) bond motifs is 2. The number of hydrogen-bond acceptors (Lipinski definition) is 3. The fourth-order valence-electron chi connectivity index (χ4n) is 3.97. The number of H-pyrrole nitrogens is 1. The molecule has 1 aliphatic heterocycles. The summed E-state index contributed by atoms with van der Waals surface area (Å²) in [4.78, 5) is 16.2. The minimum Gasteiger partial charge on any atom is -0.454 e. The van der Waals surface area contributed by atoms with Gasteiger partial charge in [-0.25, -0.2) is 0 Å². The van der Waals surface area contributed by atoms with Crippen molar-refractivity contribution in [3.05, 3.63) is 95.7 Å². The van der Waals surface area contributed by atoms with Crippen LogP contribution in [0.3, 0.4) is 0 Å².